The van der Waals surface area contributed by atoms with E-state index in [9.17, 15) is 4.79 Å². The van der Waals surface area contributed by atoms with Crippen LogP contribution in [-0.4, -0.2) is 22.8 Å². The molecule has 0 unspecified atom stereocenters. The van der Waals surface area contributed by atoms with Gasteiger partial charge in [0.1, 0.15) is 4.64 Å². The van der Waals surface area contributed by atoms with E-state index in [4.69, 9.17) is 23.8 Å². The average Bonchev–Trinajstić information content (AvgIpc) is 2.41. The van der Waals surface area contributed by atoms with Gasteiger partial charge < -0.3 is 9.88 Å². The Labute approximate surface area is 121 Å². The molecular formula is C14H13ClN2OS. The Kier molecular flexibility index (Phi) is 4.35. The quantitative estimate of drug-likeness (QED) is 0.876. The monoisotopic (exact) mass is 292 g/mol. The molecule has 0 saturated heterocycles. The first-order chi connectivity index (χ1) is 9.09. The van der Waals surface area contributed by atoms with Crippen LogP contribution in [0.25, 0.3) is 0 Å². The number of aromatic amines is 1. The fraction of sp³-hybridized carbons (Fsp3) is 0.143. The lowest BCUT2D eigenvalue weighted by Gasteiger charge is -2.18. The van der Waals surface area contributed by atoms with Crippen molar-refractivity contribution >= 4 is 29.7 Å². The number of benzene rings is 1. The predicted molar refractivity (Wildman–Crippen MR) is 78.9 cm³/mol. The van der Waals surface area contributed by atoms with E-state index >= 15 is 0 Å². The van der Waals surface area contributed by atoms with Crippen molar-refractivity contribution in [3.8, 4) is 0 Å². The third kappa shape index (κ3) is 3.22. The molecule has 1 amide bonds. The third-order valence-electron chi connectivity index (χ3n) is 2.76. The molecule has 0 aliphatic rings. The van der Waals surface area contributed by atoms with Gasteiger partial charge >= 0.3 is 0 Å². The lowest BCUT2D eigenvalue weighted by Crippen LogP contribution is -2.26. The fourth-order valence-electron chi connectivity index (χ4n) is 1.75. The highest BCUT2D eigenvalue weighted by Crippen LogP contribution is 2.17. The Morgan fingerprint density at radius 2 is 2.05 bits per heavy atom. The van der Waals surface area contributed by atoms with Crippen molar-refractivity contribution in [1.29, 1.82) is 0 Å². The van der Waals surface area contributed by atoms with Gasteiger partial charge in [-0.1, -0.05) is 42.0 Å². The summed E-state index contributed by atoms with van der Waals surface area (Å²) in [5.74, 6) is -0.123. The molecule has 0 aliphatic heterocycles. The summed E-state index contributed by atoms with van der Waals surface area (Å²) in [6, 6.07) is 10.9. The second-order valence-corrected chi connectivity index (χ2v) is 4.98. The highest BCUT2D eigenvalue weighted by Gasteiger charge is 2.14. The number of nitrogens with zero attached hydrogens (tertiary/aromatic N) is 1. The molecule has 5 heteroatoms. The zero-order valence-electron chi connectivity index (χ0n) is 10.4. The molecule has 1 heterocycles. The molecule has 1 aromatic carbocycles. The Morgan fingerprint density at radius 1 is 1.32 bits per heavy atom. The van der Waals surface area contributed by atoms with Crippen molar-refractivity contribution in [2.24, 2.45) is 0 Å². The number of nitrogens with one attached hydrogen (secondary N) is 1. The van der Waals surface area contributed by atoms with Crippen molar-refractivity contribution in [3.63, 3.8) is 0 Å². The minimum absolute atomic E-state index is 0.123. The molecule has 98 valence electrons. The van der Waals surface area contributed by atoms with Crippen LogP contribution in [0, 0.1) is 4.64 Å². The van der Waals surface area contributed by atoms with Crippen LogP contribution in [0.4, 0.5) is 0 Å². The summed E-state index contributed by atoms with van der Waals surface area (Å²) >= 11 is 11.2. The highest BCUT2D eigenvalue weighted by atomic mass is 35.5. The lowest BCUT2D eigenvalue weighted by molar-refractivity contribution is 0.0784. The molecule has 1 N–H and O–H groups in total. The topological polar surface area (TPSA) is 36.1 Å². The van der Waals surface area contributed by atoms with E-state index in [1.165, 1.54) is 0 Å². The van der Waals surface area contributed by atoms with E-state index in [-0.39, 0.29) is 5.91 Å². The number of carbonyl (C=O) groups is 1. The number of H-pyrrole nitrogens is 1. The Bertz CT molecular complexity index is 654. The largest absolute Gasteiger partial charge is 0.352 e. The number of aromatic nitrogens is 1. The van der Waals surface area contributed by atoms with Gasteiger partial charge in [0.05, 0.1) is 5.56 Å². The number of hydrogen-bond acceptors (Lipinski definition) is 2. The van der Waals surface area contributed by atoms with Gasteiger partial charge in [-0.2, -0.15) is 0 Å². The molecule has 0 saturated carbocycles. The Balaban J connectivity index is 2.19. The van der Waals surface area contributed by atoms with E-state index in [1.807, 2.05) is 24.3 Å². The van der Waals surface area contributed by atoms with Crippen LogP contribution >= 0.6 is 23.8 Å². The summed E-state index contributed by atoms with van der Waals surface area (Å²) in [5, 5.41) is 0.653. The standard InChI is InChI=1S/C14H13ClN2OS/c1-17(9-10-5-2-3-7-12(10)15)14(18)11-6-4-8-16-13(11)19/h2-8H,9H2,1H3,(H,16,19). The van der Waals surface area contributed by atoms with Crippen LogP contribution < -0.4 is 0 Å². The third-order valence-corrected chi connectivity index (χ3v) is 3.47. The summed E-state index contributed by atoms with van der Waals surface area (Å²) in [7, 11) is 1.73. The van der Waals surface area contributed by atoms with Crippen LogP contribution in [0.3, 0.4) is 0 Å². The predicted octanol–water partition coefficient (Wildman–Crippen LogP) is 3.67. The van der Waals surface area contributed by atoms with Gasteiger partial charge in [-0.3, -0.25) is 4.79 Å². The molecular weight excluding hydrogens is 280 g/mol. The molecule has 19 heavy (non-hydrogen) atoms. The summed E-state index contributed by atoms with van der Waals surface area (Å²) in [4.78, 5) is 16.7. The molecule has 0 radical (unpaired) electrons. The first-order valence-corrected chi connectivity index (χ1v) is 6.55. The molecule has 3 nitrogen and oxygen atoms in total. The van der Waals surface area contributed by atoms with Gasteiger partial charge in [-0.25, -0.2) is 0 Å². The minimum Gasteiger partial charge on any atom is -0.352 e. The normalized spacial score (nSPS) is 10.2. The van der Waals surface area contributed by atoms with Gasteiger partial charge in [-0.05, 0) is 23.8 Å². The number of hydrogen-bond donors (Lipinski definition) is 1. The number of carbonyl (C=O) groups excluding carboxylic acids is 1. The van der Waals surface area contributed by atoms with Crippen molar-refractivity contribution < 1.29 is 4.79 Å². The minimum atomic E-state index is -0.123. The maximum Gasteiger partial charge on any atom is 0.256 e. The molecule has 0 fully saturated rings. The first-order valence-electron chi connectivity index (χ1n) is 5.76. The first kappa shape index (κ1) is 13.8. The van der Waals surface area contributed by atoms with Gasteiger partial charge in [0.25, 0.3) is 5.91 Å². The van der Waals surface area contributed by atoms with Crippen molar-refractivity contribution in [2.75, 3.05) is 7.05 Å². The Morgan fingerprint density at radius 3 is 2.74 bits per heavy atom. The molecule has 0 atom stereocenters. The number of rotatable bonds is 3. The van der Waals surface area contributed by atoms with Gasteiger partial charge in [-0.15, -0.1) is 0 Å². The maximum absolute atomic E-state index is 12.3. The summed E-state index contributed by atoms with van der Waals surface area (Å²) in [5.41, 5.74) is 1.40. The summed E-state index contributed by atoms with van der Waals surface area (Å²) in [6.07, 6.45) is 1.70. The van der Waals surface area contributed by atoms with Crippen molar-refractivity contribution in [3.05, 3.63) is 63.4 Å². The van der Waals surface area contributed by atoms with Crippen LogP contribution in [0.2, 0.25) is 5.02 Å². The summed E-state index contributed by atoms with van der Waals surface area (Å²) in [6.45, 7) is 0.447. The van der Waals surface area contributed by atoms with Crippen molar-refractivity contribution in [2.45, 2.75) is 6.54 Å². The second kappa shape index (κ2) is 5.99. The van der Waals surface area contributed by atoms with Crippen LogP contribution in [0.1, 0.15) is 15.9 Å². The fourth-order valence-corrected chi connectivity index (χ4v) is 2.17. The van der Waals surface area contributed by atoms with E-state index in [1.54, 1.807) is 30.3 Å². The van der Waals surface area contributed by atoms with Crippen LogP contribution in [0.15, 0.2) is 42.6 Å². The number of pyridine rings is 1. The number of amides is 1. The molecule has 2 aromatic rings. The number of halogens is 1. The molecule has 1 aromatic heterocycles. The molecule has 0 bridgehead atoms. The maximum atomic E-state index is 12.3. The molecule has 0 spiro atoms. The molecule has 2 rings (SSSR count). The van der Waals surface area contributed by atoms with Crippen LogP contribution in [-0.2, 0) is 6.54 Å². The van der Waals surface area contributed by atoms with E-state index in [0.717, 1.165) is 5.56 Å². The smallest absolute Gasteiger partial charge is 0.256 e. The molecule has 0 aliphatic carbocycles. The summed E-state index contributed by atoms with van der Waals surface area (Å²) < 4.78 is 0.443. The van der Waals surface area contributed by atoms with E-state index in [0.29, 0.717) is 21.8 Å². The zero-order chi connectivity index (χ0) is 13.8. The van der Waals surface area contributed by atoms with Crippen LogP contribution in [0.5, 0.6) is 0 Å². The zero-order valence-corrected chi connectivity index (χ0v) is 12.0. The Hall–Kier alpha value is -1.65. The second-order valence-electron chi connectivity index (χ2n) is 4.17. The van der Waals surface area contributed by atoms with Gasteiger partial charge in [0, 0.05) is 24.8 Å². The SMILES string of the molecule is CN(Cc1ccccc1Cl)C(=O)c1ccc[nH]c1=S. The van der Waals surface area contributed by atoms with E-state index < -0.39 is 0 Å². The lowest BCUT2D eigenvalue weighted by atomic mass is 10.2. The van der Waals surface area contributed by atoms with Gasteiger partial charge in [0.15, 0.2) is 0 Å². The van der Waals surface area contributed by atoms with Gasteiger partial charge in [0.2, 0.25) is 0 Å². The average molecular weight is 293 g/mol. The highest BCUT2D eigenvalue weighted by molar-refractivity contribution is 7.71. The van der Waals surface area contributed by atoms with E-state index in [2.05, 4.69) is 4.98 Å². The van der Waals surface area contributed by atoms with Crippen molar-refractivity contribution in [1.82, 2.24) is 9.88 Å².